The van der Waals surface area contributed by atoms with Crippen LogP contribution in [0.25, 0.3) is 0 Å². The molecule has 2 aromatic rings. The van der Waals surface area contributed by atoms with E-state index in [2.05, 4.69) is 5.92 Å². The number of terminal acetylenes is 1. The highest BCUT2D eigenvalue weighted by atomic mass is 16.4. The maximum Gasteiger partial charge on any atom is 0.326 e. The Morgan fingerprint density at radius 2 is 1.61 bits per heavy atom. The Morgan fingerprint density at radius 3 is 2.13 bits per heavy atom. The summed E-state index contributed by atoms with van der Waals surface area (Å²) in [6, 6.07) is 16.7. The number of carbonyl (C=O) groups is 2. The molecule has 116 valence electrons. The molecule has 0 spiro atoms. The van der Waals surface area contributed by atoms with Gasteiger partial charge in [0.15, 0.2) is 0 Å². The first-order valence-corrected chi connectivity index (χ1v) is 7.19. The van der Waals surface area contributed by atoms with E-state index < -0.39 is 12.0 Å². The van der Waals surface area contributed by atoms with E-state index in [1.54, 1.807) is 30.3 Å². The van der Waals surface area contributed by atoms with Gasteiger partial charge in [-0.2, -0.15) is 0 Å². The van der Waals surface area contributed by atoms with Gasteiger partial charge in [-0.1, -0.05) is 54.5 Å². The predicted octanol–water partition coefficient (Wildman–Crippen LogP) is 2.46. The molecule has 0 aliphatic heterocycles. The number of nitrogens with zero attached hydrogens (tertiary/aromatic N) is 1. The molecular formula is C19H17NO3. The van der Waals surface area contributed by atoms with Crippen LogP contribution in [0.5, 0.6) is 0 Å². The Hall–Kier alpha value is -3.06. The Labute approximate surface area is 135 Å². The monoisotopic (exact) mass is 307 g/mol. The number of benzene rings is 2. The fourth-order valence-electron chi connectivity index (χ4n) is 2.34. The van der Waals surface area contributed by atoms with Gasteiger partial charge < -0.3 is 10.0 Å². The summed E-state index contributed by atoms with van der Waals surface area (Å²) in [5.74, 6) is 0.923. The van der Waals surface area contributed by atoms with Crippen LogP contribution in [-0.4, -0.2) is 34.5 Å². The average Bonchev–Trinajstić information content (AvgIpc) is 2.59. The van der Waals surface area contributed by atoms with Crippen molar-refractivity contribution in [3.05, 3.63) is 71.8 Å². The average molecular weight is 307 g/mol. The maximum atomic E-state index is 12.6. The van der Waals surface area contributed by atoms with E-state index in [0.717, 1.165) is 5.56 Å². The van der Waals surface area contributed by atoms with Gasteiger partial charge in [-0.25, -0.2) is 4.79 Å². The maximum absolute atomic E-state index is 12.6. The van der Waals surface area contributed by atoms with Gasteiger partial charge in [0.1, 0.15) is 6.04 Å². The van der Waals surface area contributed by atoms with Crippen LogP contribution in [0.4, 0.5) is 0 Å². The molecule has 0 aliphatic carbocycles. The number of hydrogen-bond donors (Lipinski definition) is 1. The number of carboxylic acids is 1. The lowest BCUT2D eigenvalue weighted by Crippen LogP contribution is -2.46. The lowest BCUT2D eigenvalue weighted by Gasteiger charge is -2.27. The normalized spacial score (nSPS) is 11.3. The summed E-state index contributed by atoms with van der Waals surface area (Å²) in [5.41, 5.74) is 1.25. The molecule has 0 aromatic heterocycles. The predicted molar refractivity (Wildman–Crippen MR) is 87.9 cm³/mol. The zero-order valence-electron chi connectivity index (χ0n) is 12.6. The molecule has 0 saturated heterocycles. The second-order valence-corrected chi connectivity index (χ2v) is 5.05. The van der Waals surface area contributed by atoms with Crippen molar-refractivity contribution >= 4 is 11.9 Å². The molecule has 1 N–H and O–H groups in total. The van der Waals surface area contributed by atoms with Crippen molar-refractivity contribution < 1.29 is 14.7 Å². The van der Waals surface area contributed by atoms with Crippen molar-refractivity contribution in [3.8, 4) is 12.3 Å². The molecule has 0 fully saturated rings. The van der Waals surface area contributed by atoms with E-state index in [0.29, 0.717) is 5.56 Å². The highest BCUT2D eigenvalue weighted by molar-refractivity contribution is 5.96. The summed E-state index contributed by atoms with van der Waals surface area (Å²) >= 11 is 0. The number of aliphatic carboxylic acids is 1. The van der Waals surface area contributed by atoms with Gasteiger partial charge in [-0.05, 0) is 17.7 Å². The molecule has 4 nitrogen and oxygen atoms in total. The lowest BCUT2D eigenvalue weighted by molar-refractivity contribution is -0.142. The van der Waals surface area contributed by atoms with Crippen molar-refractivity contribution in [1.29, 1.82) is 0 Å². The van der Waals surface area contributed by atoms with E-state index in [4.69, 9.17) is 6.42 Å². The van der Waals surface area contributed by atoms with Crippen LogP contribution in [0.15, 0.2) is 60.7 Å². The SMILES string of the molecule is C#CCN(C(=O)c1ccccc1)C(Cc1ccccc1)C(=O)O. The third-order valence-corrected chi connectivity index (χ3v) is 3.48. The first-order chi connectivity index (χ1) is 11.1. The number of hydrogen-bond acceptors (Lipinski definition) is 2. The topological polar surface area (TPSA) is 57.6 Å². The summed E-state index contributed by atoms with van der Waals surface area (Å²) < 4.78 is 0. The molecule has 0 saturated carbocycles. The van der Waals surface area contributed by atoms with Gasteiger partial charge in [0.25, 0.3) is 5.91 Å². The minimum Gasteiger partial charge on any atom is -0.480 e. The number of amides is 1. The molecule has 23 heavy (non-hydrogen) atoms. The second-order valence-electron chi connectivity index (χ2n) is 5.05. The van der Waals surface area contributed by atoms with E-state index in [1.807, 2.05) is 30.3 Å². The molecule has 0 aliphatic rings. The third-order valence-electron chi connectivity index (χ3n) is 3.48. The largest absolute Gasteiger partial charge is 0.480 e. The Balaban J connectivity index is 2.30. The molecule has 4 heteroatoms. The van der Waals surface area contributed by atoms with E-state index in [9.17, 15) is 14.7 Å². The third kappa shape index (κ3) is 4.21. The fraction of sp³-hybridized carbons (Fsp3) is 0.158. The van der Waals surface area contributed by atoms with Crippen molar-refractivity contribution in [2.24, 2.45) is 0 Å². The minimum absolute atomic E-state index is 0.0580. The summed E-state index contributed by atoms with van der Waals surface area (Å²) in [7, 11) is 0. The number of carbonyl (C=O) groups excluding carboxylic acids is 1. The first kappa shape index (κ1) is 16.3. The van der Waals surface area contributed by atoms with Gasteiger partial charge in [-0.15, -0.1) is 6.42 Å². The van der Waals surface area contributed by atoms with Gasteiger partial charge in [0.05, 0.1) is 6.54 Å². The van der Waals surface area contributed by atoms with Gasteiger partial charge >= 0.3 is 5.97 Å². The van der Waals surface area contributed by atoms with E-state index >= 15 is 0 Å². The highest BCUT2D eigenvalue weighted by Crippen LogP contribution is 2.13. The second kappa shape index (κ2) is 7.81. The molecule has 0 radical (unpaired) electrons. The van der Waals surface area contributed by atoms with Crippen molar-refractivity contribution in [3.63, 3.8) is 0 Å². The lowest BCUT2D eigenvalue weighted by atomic mass is 10.0. The van der Waals surface area contributed by atoms with Crippen LogP contribution in [-0.2, 0) is 11.2 Å². The molecule has 2 aromatic carbocycles. The van der Waals surface area contributed by atoms with Crippen molar-refractivity contribution in [2.75, 3.05) is 6.54 Å². The zero-order valence-corrected chi connectivity index (χ0v) is 12.6. The summed E-state index contributed by atoms with van der Waals surface area (Å²) in [6.07, 6.45) is 5.54. The molecule has 2 rings (SSSR count). The first-order valence-electron chi connectivity index (χ1n) is 7.19. The van der Waals surface area contributed by atoms with E-state index in [1.165, 1.54) is 4.90 Å². The highest BCUT2D eigenvalue weighted by Gasteiger charge is 2.29. The summed E-state index contributed by atoms with van der Waals surface area (Å²) in [4.78, 5) is 25.6. The quantitative estimate of drug-likeness (QED) is 0.834. The van der Waals surface area contributed by atoms with Gasteiger partial charge in [0.2, 0.25) is 0 Å². The van der Waals surface area contributed by atoms with Crippen LogP contribution in [0.3, 0.4) is 0 Å². The van der Waals surface area contributed by atoms with Gasteiger partial charge in [-0.3, -0.25) is 4.79 Å². The Morgan fingerprint density at radius 1 is 1.04 bits per heavy atom. The molecular weight excluding hydrogens is 290 g/mol. The molecule has 1 amide bonds. The molecule has 0 heterocycles. The Bertz CT molecular complexity index is 704. The van der Waals surface area contributed by atoms with Crippen molar-refractivity contribution in [2.45, 2.75) is 12.5 Å². The number of carboxylic acid groups (broad SMARTS) is 1. The van der Waals surface area contributed by atoms with Crippen LogP contribution in [0.2, 0.25) is 0 Å². The van der Waals surface area contributed by atoms with Crippen LogP contribution in [0, 0.1) is 12.3 Å². The smallest absolute Gasteiger partial charge is 0.326 e. The van der Waals surface area contributed by atoms with Crippen LogP contribution in [0.1, 0.15) is 15.9 Å². The number of rotatable bonds is 6. The summed E-state index contributed by atoms with van der Waals surface area (Å²) in [6.45, 7) is -0.0580. The fourth-order valence-corrected chi connectivity index (χ4v) is 2.34. The summed E-state index contributed by atoms with van der Waals surface area (Å²) in [5, 5.41) is 9.56. The van der Waals surface area contributed by atoms with Crippen LogP contribution >= 0.6 is 0 Å². The minimum atomic E-state index is -1.08. The van der Waals surface area contributed by atoms with Crippen molar-refractivity contribution in [1.82, 2.24) is 4.90 Å². The van der Waals surface area contributed by atoms with E-state index in [-0.39, 0.29) is 18.9 Å². The van der Waals surface area contributed by atoms with Crippen LogP contribution < -0.4 is 0 Å². The molecule has 1 atom stereocenters. The molecule has 0 bridgehead atoms. The van der Waals surface area contributed by atoms with Gasteiger partial charge in [0, 0.05) is 12.0 Å². The Kier molecular flexibility index (Phi) is 5.54. The zero-order chi connectivity index (χ0) is 16.7. The standard InChI is InChI=1S/C19H17NO3/c1-2-13-20(18(21)16-11-7-4-8-12-16)17(19(22)23)14-15-9-5-3-6-10-15/h1,3-12,17H,13-14H2,(H,22,23). The molecule has 1 unspecified atom stereocenters.